The quantitative estimate of drug-likeness (QED) is 0.239. The van der Waals surface area contributed by atoms with Crippen molar-refractivity contribution in [2.75, 3.05) is 19.1 Å². The number of halogens is 1. The highest BCUT2D eigenvalue weighted by Crippen LogP contribution is 2.44. The van der Waals surface area contributed by atoms with Crippen LogP contribution in [0, 0.1) is 0 Å². The Balaban J connectivity index is 1.47. The number of nitrogens with one attached hydrogen (secondary N) is 1. The SMILES string of the molecule is COc1cc2nc(N3C(=O)C(O)=C(C(=O)c4cc5cc(Br)ccc5o4)C3c3cccs3)[nH]c2cc1OC. The lowest BCUT2D eigenvalue weighted by Gasteiger charge is -2.22. The van der Waals surface area contributed by atoms with Gasteiger partial charge in [0.25, 0.3) is 5.91 Å². The van der Waals surface area contributed by atoms with Crippen LogP contribution in [0.3, 0.4) is 0 Å². The van der Waals surface area contributed by atoms with Crippen LogP contribution in [-0.2, 0) is 4.79 Å². The van der Waals surface area contributed by atoms with Gasteiger partial charge in [0.2, 0.25) is 11.7 Å². The third-order valence-corrected chi connectivity index (χ3v) is 7.59. The van der Waals surface area contributed by atoms with Gasteiger partial charge in [-0.15, -0.1) is 11.3 Å². The maximum Gasteiger partial charge on any atom is 0.296 e. The van der Waals surface area contributed by atoms with Gasteiger partial charge in [0.15, 0.2) is 23.0 Å². The van der Waals surface area contributed by atoms with E-state index >= 15 is 0 Å². The molecule has 2 aromatic carbocycles. The molecule has 0 aliphatic carbocycles. The van der Waals surface area contributed by atoms with Crippen molar-refractivity contribution >= 4 is 66.9 Å². The van der Waals surface area contributed by atoms with Gasteiger partial charge in [0.1, 0.15) is 11.6 Å². The van der Waals surface area contributed by atoms with E-state index in [0.29, 0.717) is 38.4 Å². The summed E-state index contributed by atoms with van der Waals surface area (Å²) < 4.78 is 17.4. The van der Waals surface area contributed by atoms with Crippen molar-refractivity contribution in [1.29, 1.82) is 0 Å². The molecule has 1 aliphatic rings. The molecule has 9 nitrogen and oxygen atoms in total. The maximum atomic E-state index is 13.7. The maximum absolute atomic E-state index is 13.7. The van der Waals surface area contributed by atoms with Crippen molar-refractivity contribution in [3.63, 3.8) is 0 Å². The van der Waals surface area contributed by atoms with Crippen LogP contribution in [0.1, 0.15) is 21.5 Å². The Labute approximate surface area is 222 Å². The van der Waals surface area contributed by atoms with E-state index < -0.39 is 23.5 Å². The van der Waals surface area contributed by atoms with Crippen molar-refractivity contribution in [1.82, 2.24) is 9.97 Å². The molecule has 1 aliphatic heterocycles. The minimum atomic E-state index is -0.913. The Morgan fingerprint density at radius 2 is 1.95 bits per heavy atom. The molecule has 3 aromatic heterocycles. The number of hydrogen-bond acceptors (Lipinski definition) is 8. The number of aliphatic hydroxyl groups is 1. The van der Waals surface area contributed by atoms with Gasteiger partial charge in [-0.05, 0) is 35.7 Å². The van der Waals surface area contributed by atoms with E-state index in [1.807, 2.05) is 17.5 Å². The molecule has 186 valence electrons. The number of aromatic amines is 1. The number of rotatable bonds is 6. The van der Waals surface area contributed by atoms with E-state index in [0.717, 1.165) is 4.47 Å². The summed E-state index contributed by atoms with van der Waals surface area (Å²) in [4.78, 5) is 36.8. The van der Waals surface area contributed by atoms with Crippen molar-refractivity contribution in [2.45, 2.75) is 6.04 Å². The van der Waals surface area contributed by atoms with Crippen molar-refractivity contribution in [2.24, 2.45) is 0 Å². The smallest absolute Gasteiger partial charge is 0.296 e. The van der Waals surface area contributed by atoms with E-state index in [1.165, 1.54) is 30.5 Å². The fourth-order valence-corrected chi connectivity index (χ4v) is 5.67. The number of hydrogen-bond donors (Lipinski definition) is 2. The van der Waals surface area contributed by atoms with Crippen LogP contribution in [-0.4, -0.2) is 41.0 Å². The number of anilines is 1. The molecule has 0 radical (unpaired) electrons. The van der Waals surface area contributed by atoms with Crippen LogP contribution in [0.4, 0.5) is 5.95 Å². The lowest BCUT2D eigenvalue weighted by molar-refractivity contribution is -0.117. The second-order valence-electron chi connectivity index (χ2n) is 8.26. The number of aromatic nitrogens is 2. The van der Waals surface area contributed by atoms with Crippen molar-refractivity contribution in [3.8, 4) is 11.5 Å². The van der Waals surface area contributed by atoms with Gasteiger partial charge in [-0.3, -0.25) is 14.5 Å². The summed E-state index contributed by atoms with van der Waals surface area (Å²) in [6.45, 7) is 0. The summed E-state index contributed by atoms with van der Waals surface area (Å²) in [5, 5.41) is 13.5. The Bertz CT molecular complexity index is 1700. The number of ether oxygens (including phenoxy) is 2. The first kappa shape index (κ1) is 23.3. The molecule has 0 fully saturated rings. The third-order valence-electron chi connectivity index (χ3n) is 6.17. The Morgan fingerprint density at radius 1 is 1.16 bits per heavy atom. The van der Waals surface area contributed by atoms with E-state index in [4.69, 9.17) is 13.9 Å². The molecule has 37 heavy (non-hydrogen) atoms. The summed E-state index contributed by atoms with van der Waals surface area (Å²) in [6, 6.07) is 13.0. The predicted octanol–water partition coefficient (Wildman–Crippen LogP) is 5.93. The number of benzene rings is 2. The lowest BCUT2D eigenvalue weighted by Crippen LogP contribution is -2.31. The van der Waals surface area contributed by atoms with Crippen LogP contribution in [0.25, 0.3) is 22.0 Å². The second kappa shape index (κ2) is 8.79. The summed E-state index contributed by atoms with van der Waals surface area (Å²) in [5.41, 5.74) is 1.54. The number of amides is 1. The summed E-state index contributed by atoms with van der Waals surface area (Å²) in [5.74, 6) is -0.843. The molecule has 11 heteroatoms. The largest absolute Gasteiger partial charge is 0.503 e. The number of H-pyrrole nitrogens is 1. The fraction of sp³-hybridized carbons (Fsp3) is 0.115. The minimum Gasteiger partial charge on any atom is -0.503 e. The molecule has 0 spiro atoms. The highest BCUT2D eigenvalue weighted by Gasteiger charge is 2.47. The van der Waals surface area contributed by atoms with Crippen molar-refractivity contribution in [3.05, 3.63) is 80.4 Å². The van der Waals surface area contributed by atoms with Crippen LogP contribution in [0.2, 0.25) is 0 Å². The third kappa shape index (κ3) is 3.69. The number of imidazole rings is 1. The normalized spacial score (nSPS) is 15.8. The van der Waals surface area contributed by atoms with Gasteiger partial charge >= 0.3 is 0 Å². The average Bonchev–Trinajstić information content (AvgIpc) is 3.68. The van der Waals surface area contributed by atoms with Crippen LogP contribution < -0.4 is 14.4 Å². The number of furan rings is 1. The fourth-order valence-electron chi connectivity index (χ4n) is 4.47. The first-order valence-corrected chi connectivity index (χ1v) is 12.7. The molecule has 0 saturated heterocycles. The Morgan fingerprint density at radius 3 is 2.68 bits per heavy atom. The Hall–Kier alpha value is -4.09. The summed E-state index contributed by atoms with van der Waals surface area (Å²) >= 11 is 4.77. The molecule has 1 atom stereocenters. The molecule has 4 heterocycles. The summed E-state index contributed by atoms with van der Waals surface area (Å²) in [7, 11) is 3.04. The van der Waals surface area contributed by atoms with Gasteiger partial charge in [-0.1, -0.05) is 22.0 Å². The van der Waals surface area contributed by atoms with E-state index in [1.54, 1.807) is 36.4 Å². The number of carbonyl (C=O) groups is 2. The minimum absolute atomic E-state index is 0.0185. The van der Waals surface area contributed by atoms with Gasteiger partial charge in [0, 0.05) is 26.9 Å². The number of aliphatic hydroxyl groups excluding tert-OH is 1. The zero-order chi connectivity index (χ0) is 25.8. The molecule has 6 rings (SSSR count). The van der Waals surface area contributed by atoms with Crippen molar-refractivity contribution < 1.29 is 28.6 Å². The summed E-state index contributed by atoms with van der Waals surface area (Å²) in [6.07, 6.45) is 0. The number of carbonyl (C=O) groups excluding carboxylic acids is 2. The highest BCUT2D eigenvalue weighted by molar-refractivity contribution is 9.10. The number of methoxy groups -OCH3 is 2. The standard InChI is InChI=1S/C26H18BrN3O6S/c1-34-17-10-14-15(11-18(17)35-2)29-26(28-14)30-22(20-4-3-7-37-20)21(24(32)25(30)33)23(31)19-9-12-8-13(27)5-6-16(12)36-19/h3-11,22,32H,1-2H3,(H,28,29). The predicted molar refractivity (Wildman–Crippen MR) is 142 cm³/mol. The zero-order valence-corrected chi connectivity index (χ0v) is 21.8. The van der Waals surface area contributed by atoms with Gasteiger partial charge in [-0.2, -0.15) is 0 Å². The first-order chi connectivity index (χ1) is 17.9. The number of fused-ring (bicyclic) bond motifs is 2. The van der Waals surface area contributed by atoms with E-state index in [-0.39, 0.29) is 17.3 Å². The van der Waals surface area contributed by atoms with Crippen LogP contribution in [0.15, 0.2) is 74.1 Å². The molecule has 1 amide bonds. The second-order valence-corrected chi connectivity index (χ2v) is 10.2. The molecule has 0 saturated carbocycles. The van der Waals surface area contributed by atoms with E-state index in [2.05, 4.69) is 25.9 Å². The number of Topliss-reactive ketones (excluding diaryl/α,β-unsaturated/α-hetero) is 1. The average molecular weight is 580 g/mol. The molecule has 2 N–H and O–H groups in total. The van der Waals surface area contributed by atoms with E-state index in [9.17, 15) is 14.7 Å². The van der Waals surface area contributed by atoms with Gasteiger partial charge < -0.3 is 24.0 Å². The van der Waals surface area contributed by atoms with Crippen LogP contribution >= 0.6 is 27.3 Å². The number of thiophene rings is 1. The zero-order valence-electron chi connectivity index (χ0n) is 19.4. The monoisotopic (exact) mass is 579 g/mol. The van der Waals surface area contributed by atoms with Crippen LogP contribution in [0.5, 0.6) is 11.5 Å². The number of nitrogens with zero attached hydrogens (tertiary/aromatic N) is 2. The Kier molecular flexibility index (Phi) is 5.54. The number of ketones is 1. The van der Waals surface area contributed by atoms with Gasteiger partial charge in [-0.25, -0.2) is 4.98 Å². The molecule has 1 unspecified atom stereocenters. The molecular formula is C26H18BrN3O6S. The first-order valence-electron chi connectivity index (χ1n) is 11.0. The molecule has 5 aromatic rings. The highest BCUT2D eigenvalue weighted by atomic mass is 79.9. The topological polar surface area (TPSA) is 118 Å². The molecular weight excluding hydrogens is 562 g/mol. The lowest BCUT2D eigenvalue weighted by atomic mass is 10.0. The molecule has 0 bridgehead atoms. The van der Waals surface area contributed by atoms with Gasteiger partial charge in [0.05, 0.1) is 30.8 Å².